The van der Waals surface area contributed by atoms with Crippen LogP contribution in [0, 0.1) is 11.8 Å². The van der Waals surface area contributed by atoms with Crippen molar-refractivity contribution < 1.29 is 19.4 Å². The molecule has 0 unspecified atom stereocenters. The molecule has 0 saturated carbocycles. The van der Waals surface area contributed by atoms with Crippen LogP contribution in [-0.4, -0.2) is 35.6 Å². The minimum Gasteiger partial charge on any atom is -0.495 e. The summed E-state index contributed by atoms with van der Waals surface area (Å²) in [6, 6.07) is 8.97. The number of carbonyl (C=O) groups excluding carboxylic acids is 2. The molecule has 3 heterocycles. The van der Waals surface area contributed by atoms with Crippen LogP contribution < -0.4 is 15.4 Å². The van der Waals surface area contributed by atoms with Crippen molar-refractivity contribution in [2.75, 3.05) is 24.4 Å². The molecule has 4 N–H and O–H groups in total. The number of H-pyrrole nitrogens is 1. The first-order chi connectivity index (χ1) is 15.1. The second kappa shape index (κ2) is 8.92. The van der Waals surface area contributed by atoms with E-state index in [-0.39, 0.29) is 24.8 Å². The van der Waals surface area contributed by atoms with E-state index in [4.69, 9.17) is 4.74 Å². The van der Waals surface area contributed by atoms with Crippen molar-refractivity contribution in [2.45, 2.75) is 6.42 Å². The van der Waals surface area contributed by atoms with Crippen LogP contribution in [0.1, 0.15) is 21.7 Å². The molecule has 0 radical (unpaired) electrons. The smallest absolute Gasteiger partial charge is 0.256 e. The number of aromatic amines is 1. The van der Waals surface area contributed by atoms with E-state index in [1.54, 1.807) is 37.6 Å². The number of methoxy groups -OCH3 is 1. The van der Waals surface area contributed by atoms with Gasteiger partial charge >= 0.3 is 0 Å². The molecule has 0 spiro atoms. The van der Waals surface area contributed by atoms with Crippen molar-refractivity contribution in [3.63, 3.8) is 0 Å². The fourth-order valence-corrected chi connectivity index (χ4v) is 4.06. The Morgan fingerprint density at radius 3 is 2.94 bits per heavy atom. The van der Waals surface area contributed by atoms with E-state index in [1.807, 2.05) is 17.5 Å². The summed E-state index contributed by atoms with van der Waals surface area (Å²) >= 11 is 1.51. The highest BCUT2D eigenvalue weighted by molar-refractivity contribution is 7.10. The monoisotopic (exact) mass is 433 g/mol. The van der Waals surface area contributed by atoms with E-state index in [0.717, 1.165) is 4.88 Å². The minimum absolute atomic E-state index is 0.191. The number of rotatable bonds is 5. The summed E-state index contributed by atoms with van der Waals surface area (Å²) in [7, 11) is 1.55. The molecule has 0 fully saturated rings. The van der Waals surface area contributed by atoms with E-state index >= 15 is 0 Å². The first-order valence-electron chi connectivity index (χ1n) is 9.44. The van der Waals surface area contributed by atoms with Crippen LogP contribution in [0.2, 0.25) is 0 Å². The second-order valence-corrected chi connectivity index (χ2v) is 7.68. The predicted molar refractivity (Wildman–Crippen MR) is 121 cm³/mol. The van der Waals surface area contributed by atoms with Crippen molar-refractivity contribution >= 4 is 46.2 Å². The fourth-order valence-electron chi connectivity index (χ4n) is 3.36. The summed E-state index contributed by atoms with van der Waals surface area (Å²) < 4.78 is 5.32. The largest absolute Gasteiger partial charge is 0.495 e. The van der Waals surface area contributed by atoms with E-state index in [1.165, 1.54) is 11.3 Å². The quantitative estimate of drug-likeness (QED) is 0.367. The standard InChI is InChI=1S/C23H19N3O4S/c1-30-20-8-9-24-19(20)13-16-22-15(5-2-10-27)17(6-7-18(22)26-23(16)29)25-21(28)12-14-4-3-11-31-14/h3-4,6-9,11,13,24,27H,10,12H2,1H3,(H,25,28)(H,26,29). The summed E-state index contributed by atoms with van der Waals surface area (Å²) in [5.41, 5.74) is 3.10. The number of fused-ring (bicyclic) bond motifs is 1. The van der Waals surface area contributed by atoms with Crippen LogP contribution in [0.3, 0.4) is 0 Å². The number of carbonyl (C=O) groups is 2. The number of thiophene rings is 1. The number of amides is 2. The van der Waals surface area contributed by atoms with Gasteiger partial charge in [0.15, 0.2) is 0 Å². The first kappa shape index (κ1) is 20.5. The van der Waals surface area contributed by atoms with Gasteiger partial charge in [-0.05, 0) is 35.7 Å². The SMILES string of the molecule is COc1cc[nH]c1C=C1C(=O)Nc2ccc(NC(=O)Cc3cccs3)c(C#CCO)c21. The lowest BCUT2D eigenvalue weighted by Crippen LogP contribution is -2.15. The van der Waals surface area contributed by atoms with E-state index in [9.17, 15) is 14.7 Å². The molecule has 4 rings (SSSR count). The fraction of sp³-hybridized carbons (Fsp3) is 0.130. The third kappa shape index (κ3) is 4.23. The number of anilines is 2. The zero-order valence-corrected chi connectivity index (χ0v) is 17.4. The van der Waals surface area contributed by atoms with E-state index in [2.05, 4.69) is 27.5 Å². The number of ether oxygens (including phenoxy) is 1. The summed E-state index contributed by atoms with van der Waals surface area (Å²) in [6.45, 7) is -0.350. The lowest BCUT2D eigenvalue weighted by molar-refractivity contribution is -0.115. The molecule has 0 aliphatic carbocycles. The van der Waals surface area contributed by atoms with Gasteiger partial charge in [0, 0.05) is 16.6 Å². The van der Waals surface area contributed by atoms with Gasteiger partial charge in [0.05, 0.1) is 41.7 Å². The Balaban J connectivity index is 1.77. The Kier molecular flexibility index (Phi) is 5.89. The molecule has 2 amide bonds. The Morgan fingerprint density at radius 2 is 2.19 bits per heavy atom. The van der Waals surface area contributed by atoms with Crippen LogP contribution in [0.5, 0.6) is 5.75 Å². The van der Waals surface area contributed by atoms with Crippen LogP contribution in [0.15, 0.2) is 41.9 Å². The first-order valence-corrected chi connectivity index (χ1v) is 10.3. The van der Waals surface area contributed by atoms with Gasteiger partial charge in [-0.3, -0.25) is 9.59 Å². The maximum absolute atomic E-state index is 12.7. The van der Waals surface area contributed by atoms with E-state index < -0.39 is 0 Å². The number of aromatic nitrogens is 1. The Hall–Kier alpha value is -3.80. The average Bonchev–Trinajstić information content (AvgIpc) is 3.49. The number of aliphatic hydroxyl groups is 1. The molecule has 0 saturated heterocycles. The van der Waals surface area contributed by atoms with Gasteiger partial charge in [0.1, 0.15) is 12.4 Å². The molecular formula is C23H19N3O4S. The third-order valence-corrected chi connectivity index (χ3v) is 5.57. The van der Waals surface area contributed by atoms with E-state index in [0.29, 0.717) is 39.5 Å². The Bertz CT molecular complexity index is 1230. The molecular weight excluding hydrogens is 414 g/mol. The van der Waals surface area contributed by atoms with Gasteiger partial charge in [0.2, 0.25) is 5.91 Å². The lowest BCUT2D eigenvalue weighted by Gasteiger charge is -2.11. The van der Waals surface area contributed by atoms with Crippen molar-refractivity contribution in [2.24, 2.45) is 0 Å². The number of nitrogens with one attached hydrogen (secondary N) is 3. The molecule has 156 valence electrons. The summed E-state index contributed by atoms with van der Waals surface area (Å²) in [5, 5.41) is 16.9. The van der Waals surface area contributed by atoms with Crippen molar-refractivity contribution in [1.29, 1.82) is 0 Å². The zero-order chi connectivity index (χ0) is 21.8. The van der Waals surface area contributed by atoms with Crippen LogP contribution in [-0.2, 0) is 16.0 Å². The van der Waals surface area contributed by atoms with Crippen molar-refractivity contribution in [3.05, 3.63) is 63.6 Å². The highest BCUT2D eigenvalue weighted by Crippen LogP contribution is 2.39. The average molecular weight is 433 g/mol. The summed E-state index contributed by atoms with van der Waals surface area (Å²) in [6.07, 6.45) is 3.63. The third-order valence-electron chi connectivity index (χ3n) is 4.70. The molecule has 1 aliphatic heterocycles. The molecule has 8 heteroatoms. The van der Waals surface area contributed by atoms with Crippen molar-refractivity contribution in [3.8, 4) is 17.6 Å². The minimum atomic E-state index is -0.350. The molecule has 2 aromatic heterocycles. The molecule has 1 aliphatic rings. The van der Waals surface area contributed by atoms with Crippen molar-refractivity contribution in [1.82, 2.24) is 4.98 Å². The van der Waals surface area contributed by atoms with Gasteiger partial charge in [-0.2, -0.15) is 0 Å². The number of benzene rings is 1. The lowest BCUT2D eigenvalue weighted by atomic mass is 9.97. The van der Waals surface area contributed by atoms with Gasteiger partial charge < -0.3 is 25.5 Å². The predicted octanol–water partition coefficient (Wildman–Crippen LogP) is 3.10. The topological polar surface area (TPSA) is 103 Å². The Morgan fingerprint density at radius 1 is 1.32 bits per heavy atom. The molecule has 7 nitrogen and oxygen atoms in total. The summed E-state index contributed by atoms with van der Waals surface area (Å²) in [5.74, 6) is 5.64. The number of hydrogen-bond donors (Lipinski definition) is 4. The normalized spacial score (nSPS) is 13.4. The maximum atomic E-state index is 12.7. The van der Waals surface area contributed by atoms with Gasteiger partial charge in [-0.1, -0.05) is 17.9 Å². The second-order valence-electron chi connectivity index (χ2n) is 6.65. The highest BCUT2D eigenvalue weighted by Gasteiger charge is 2.29. The Labute approximate surface area is 182 Å². The number of aliphatic hydroxyl groups excluding tert-OH is 1. The summed E-state index contributed by atoms with van der Waals surface area (Å²) in [4.78, 5) is 29.3. The van der Waals surface area contributed by atoms with Gasteiger partial charge in [-0.15, -0.1) is 11.3 Å². The molecule has 0 atom stereocenters. The molecule has 3 aromatic rings. The zero-order valence-electron chi connectivity index (χ0n) is 16.6. The van der Waals surface area contributed by atoms with Crippen LogP contribution >= 0.6 is 11.3 Å². The van der Waals surface area contributed by atoms with Crippen LogP contribution in [0.25, 0.3) is 11.6 Å². The molecule has 1 aromatic carbocycles. The van der Waals surface area contributed by atoms with Crippen LogP contribution in [0.4, 0.5) is 11.4 Å². The highest BCUT2D eigenvalue weighted by atomic mass is 32.1. The number of hydrogen-bond acceptors (Lipinski definition) is 5. The maximum Gasteiger partial charge on any atom is 0.256 e. The molecule has 0 bridgehead atoms. The van der Waals surface area contributed by atoms with Gasteiger partial charge in [-0.25, -0.2) is 0 Å². The molecule has 31 heavy (non-hydrogen) atoms. The van der Waals surface area contributed by atoms with Gasteiger partial charge in [0.25, 0.3) is 5.91 Å².